The Morgan fingerprint density at radius 1 is 1.43 bits per heavy atom. The summed E-state index contributed by atoms with van der Waals surface area (Å²) in [5.41, 5.74) is 0.152. The minimum absolute atomic E-state index is 0.0115. The van der Waals surface area contributed by atoms with Crippen molar-refractivity contribution in [2.75, 3.05) is 19.6 Å². The van der Waals surface area contributed by atoms with Gasteiger partial charge in [0.05, 0.1) is 29.8 Å². The minimum Gasteiger partial charge on any atom is -0.346 e. The zero-order valence-electron chi connectivity index (χ0n) is 14.9. The van der Waals surface area contributed by atoms with Gasteiger partial charge in [0.25, 0.3) is 0 Å². The van der Waals surface area contributed by atoms with E-state index in [1.807, 2.05) is 6.07 Å². The van der Waals surface area contributed by atoms with Gasteiger partial charge in [-0.1, -0.05) is 0 Å². The number of nitrogens with zero attached hydrogens (tertiary/aromatic N) is 5. The first-order valence-electron chi connectivity index (χ1n) is 8.83. The third-order valence-electron chi connectivity index (χ3n) is 5.32. The first kappa shape index (κ1) is 18.6. The molecule has 1 saturated carbocycles. The highest BCUT2D eigenvalue weighted by molar-refractivity contribution is 7.83. The average Bonchev–Trinajstić information content (AvgIpc) is 3.25. The van der Waals surface area contributed by atoms with Crippen molar-refractivity contribution >= 4 is 27.4 Å². The lowest BCUT2D eigenvalue weighted by Crippen LogP contribution is -2.61. The maximum absolute atomic E-state index is 12.8. The van der Waals surface area contributed by atoms with Crippen molar-refractivity contribution in [3.05, 3.63) is 24.3 Å². The Morgan fingerprint density at radius 2 is 2.21 bits per heavy atom. The molecule has 1 aliphatic carbocycles. The summed E-state index contributed by atoms with van der Waals surface area (Å²) in [5, 5.41) is 12.1. The van der Waals surface area contributed by atoms with Crippen LogP contribution in [-0.2, 0) is 10.3 Å². The zero-order valence-corrected chi connectivity index (χ0v) is 15.7. The van der Waals surface area contributed by atoms with Crippen molar-refractivity contribution in [3.8, 4) is 6.07 Å². The van der Waals surface area contributed by atoms with Crippen LogP contribution < -0.4 is 5.32 Å². The second kappa shape index (κ2) is 6.69. The number of carbonyl (C=O) groups is 1. The van der Waals surface area contributed by atoms with Gasteiger partial charge < -0.3 is 15.2 Å². The van der Waals surface area contributed by atoms with Crippen molar-refractivity contribution in [2.45, 2.75) is 30.8 Å². The van der Waals surface area contributed by atoms with Crippen LogP contribution in [0.5, 0.6) is 0 Å². The molecule has 2 amide bonds. The number of carbonyl (C=O) groups excluding carboxylic acids is 1. The number of nitrogens with one attached hydrogen (secondary N) is 2. The SMILES string of the molecule is N#CCCNC(=O)N1CCN(S(=O)(=O)O)C2(CC2)C1c1ncnc2[nH]ccc12. The van der Waals surface area contributed by atoms with Crippen molar-refractivity contribution in [1.82, 2.24) is 29.5 Å². The summed E-state index contributed by atoms with van der Waals surface area (Å²) < 4.78 is 34.8. The molecule has 3 N–H and O–H groups in total. The monoisotopic (exact) mass is 405 g/mol. The van der Waals surface area contributed by atoms with Gasteiger partial charge in [0.1, 0.15) is 12.0 Å². The standard InChI is InChI=1S/C16H19N7O4S/c17-5-1-6-19-15(24)22-8-9-23(28(25,26)27)16(3-4-16)13(22)12-11-2-7-18-14(11)21-10-20-12/h2,7,10,13H,1,3-4,6,8-9H2,(H,19,24)(H,18,20,21)(H,25,26,27). The molecule has 3 heterocycles. The van der Waals surface area contributed by atoms with Gasteiger partial charge in [-0.25, -0.2) is 14.8 Å². The molecule has 2 aromatic heterocycles. The third-order valence-corrected chi connectivity index (χ3v) is 6.42. The summed E-state index contributed by atoms with van der Waals surface area (Å²) in [6, 6.07) is 2.66. The molecule has 148 valence electrons. The normalized spacial score (nSPS) is 21.6. The van der Waals surface area contributed by atoms with Crippen LogP contribution in [0.25, 0.3) is 11.0 Å². The molecule has 0 bridgehead atoms. The van der Waals surface area contributed by atoms with Gasteiger partial charge in [-0.15, -0.1) is 0 Å². The molecule has 2 aliphatic rings. The predicted molar refractivity (Wildman–Crippen MR) is 97.2 cm³/mol. The molecule has 1 saturated heterocycles. The number of aromatic nitrogens is 3. The Hall–Kier alpha value is -2.75. The van der Waals surface area contributed by atoms with E-state index in [1.165, 1.54) is 6.33 Å². The highest BCUT2D eigenvalue weighted by atomic mass is 32.2. The molecule has 28 heavy (non-hydrogen) atoms. The summed E-state index contributed by atoms with van der Waals surface area (Å²) in [5.74, 6) is 0. The van der Waals surface area contributed by atoms with E-state index in [0.717, 1.165) is 4.31 Å². The molecule has 0 radical (unpaired) electrons. The van der Waals surface area contributed by atoms with E-state index in [4.69, 9.17) is 5.26 Å². The van der Waals surface area contributed by atoms with Gasteiger partial charge in [0, 0.05) is 31.2 Å². The summed E-state index contributed by atoms with van der Waals surface area (Å²) in [7, 11) is -4.44. The van der Waals surface area contributed by atoms with Gasteiger partial charge in [0.15, 0.2) is 0 Å². The quantitative estimate of drug-likeness (QED) is 0.496. The lowest BCUT2D eigenvalue weighted by atomic mass is 9.95. The fourth-order valence-electron chi connectivity index (χ4n) is 4.03. The lowest BCUT2D eigenvalue weighted by Gasteiger charge is -2.46. The van der Waals surface area contributed by atoms with Crippen LogP contribution in [0.1, 0.15) is 31.0 Å². The number of amides is 2. The van der Waals surface area contributed by atoms with Gasteiger partial charge in [-0.2, -0.15) is 18.0 Å². The number of fused-ring (bicyclic) bond motifs is 1. The summed E-state index contributed by atoms with van der Waals surface area (Å²) in [6.07, 6.45) is 4.22. The van der Waals surface area contributed by atoms with E-state index in [9.17, 15) is 17.8 Å². The molecule has 11 nitrogen and oxygen atoms in total. The number of hydrogen-bond acceptors (Lipinski definition) is 6. The van der Waals surface area contributed by atoms with Crippen LogP contribution in [0.2, 0.25) is 0 Å². The fourth-order valence-corrected chi connectivity index (χ4v) is 5.09. The molecule has 4 rings (SSSR count). The second-order valence-electron chi connectivity index (χ2n) is 6.89. The molecule has 1 aliphatic heterocycles. The topological polar surface area (TPSA) is 155 Å². The molecular formula is C16H19N7O4S. The van der Waals surface area contributed by atoms with E-state index in [0.29, 0.717) is 29.6 Å². The molecule has 1 spiro atoms. The Balaban J connectivity index is 1.79. The first-order chi connectivity index (χ1) is 13.4. The Kier molecular flexibility index (Phi) is 4.45. The Morgan fingerprint density at radius 3 is 2.89 bits per heavy atom. The van der Waals surface area contributed by atoms with E-state index >= 15 is 0 Å². The third kappa shape index (κ3) is 2.97. The lowest BCUT2D eigenvalue weighted by molar-refractivity contribution is 0.0675. The largest absolute Gasteiger partial charge is 0.346 e. The van der Waals surface area contributed by atoms with Crippen molar-refractivity contribution in [1.29, 1.82) is 5.26 Å². The summed E-state index contributed by atoms with van der Waals surface area (Å²) >= 11 is 0. The van der Waals surface area contributed by atoms with Crippen molar-refractivity contribution in [3.63, 3.8) is 0 Å². The average molecular weight is 405 g/mol. The van der Waals surface area contributed by atoms with Crippen LogP contribution in [0.15, 0.2) is 18.6 Å². The Labute approximate surface area is 161 Å². The first-order valence-corrected chi connectivity index (χ1v) is 10.2. The highest BCUT2D eigenvalue weighted by Gasteiger charge is 2.63. The number of urea groups is 1. The number of rotatable bonds is 4. The van der Waals surface area contributed by atoms with Gasteiger partial charge in [-0.05, 0) is 18.9 Å². The van der Waals surface area contributed by atoms with Crippen LogP contribution in [0, 0.1) is 11.3 Å². The van der Waals surface area contributed by atoms with Gasteiger partial charge >= 0.3 is 16.3 Å². The molecule has 2 fully saturated rings. The summed E-state index contributed by atoms with van der Waals surface area (Å²) in [4.78, 5) is 25.9. The predicted octanol–water partition coefficient (Wildman–Crippen LogP) is 0.575. The molecule has 1 atom stereocenters. The molecule has 0 aromatic carbocycles. The summed E-state index contributed by atoms with van der Waals surface area (Å²) in [6.45, 7) is 0.264. The maximum Gasteiger partial charge on any atom is 0.336 e. The van der Waals surface area contributed by atoms with E-state index in [2.05, 4.69) is 20.3 Å². The van der Waals surface area contributed by atoms with E-state index in [1.54, 1.807) is 17.2 Å². The zero-order chi connectivity index (χ0) is 19.9. The highest BCUT2D eigenvalue weighted by Crippen LogP contribution is 2.56. The maximum atomic E-state index is 12.8. The second-order valence-corrected chi connectivity index (χ2v) is 8.22. The number of hydrogen-bond donors (Lipinski definition) is 3. The number of nitriles is 1. The Bertz CT molecular complexity index is 1060. The van der Waals surface area contributed by atoms with Crippen molar-refractivity contribution < 1.29 is 17.8 Å². The molecule has 2 aromatic rings. The van der Waals surface area contributed by atoms with E-state index < -0.39 is 27.9 Å². The van der Waals surface area contributed by atoms with E-state index in [-0.39, 0.29) is 26.1 Å². The van der Waals surface area contributed by atoms with Crippen molar-refractivity contribution in [2.24, 2.45) is 0 Å². The fraction of sp³-hybridized carbons (Fsp3) is 0.500. The smallest absolute Gasteiger partial charge is 0.336 e. The minimum atomic E-state index is -4.44. The number of piperazine rings is 1. The molecular weight excluding hydrogens is 386 g/mol. The van der Waals surface area contributed by atoms with Crippen LogP contribution in [0.4, 0.5) is 4.79 Å². The molecule has 1 unspecified atom stereocenters. The van der Waals surface area contributed by atoms with Crippen LogP contribution >= 0.6 is 0 Å². The van der Waals surface area contributed by atoms with Crippen LogP contribution in [0.3, 0.4) is 0 Å². The van der Waals surface area contributed by atoms with Gasteiger partial charge in [0.2, 0.25) is 0 Å². The van der Waals surface area contributed by atoms with Gasteiger partial charge in [-0.3, -0.25) is 4.55 Å². The number of aromatic amines is 1. The van der Waals surface area contributed by atoms with Crippen LogP contribution in [-0.4, -0.2) is 68.3 Å². The molecule has 12 heteroatoms. The number of H-pyrrole nitrogens is 1.